The van der Waals surface area contributed by atoms with E-state index in [1.165, 1.54) is 0 Å². The number of hydrogen-bond acceptors (Lipinski definition) is 7. The van der Waals surface area contributed by atoms with Crippen LogP contribution in [0.15, 0.2) is 16.7 Å². The van der Waals surface area contributed by atoms with E-state index in [2.05, 4.69) is 10.1 Å². The molecule has 0 aliphatic heterocycles. The third-order valence-electron chi connectivity index (χ3n) is 3.01. The summed E-state index contributed by atoms with van der Waals surface area (Å²) in [6, 6.07) is 3.36. The van der Waals surface area contributed by atoms with Crippen molar-refractivity contribution in [3.8, 4) is 23.0 Å². The lowest BCUT2D eigenvalue weighted by molar-refractivity contribution is 0.0683. The molecule has 21 heavy (non-hydrogen) atoms. The average Bonchev–Trinajstić information content (AvgIpc) is 2.96. The molecule has 2 N–H and O–H groups in total. The third kappa shape index (κ3) is 3.08. The Kier molecular flexibility index (Phi) is 4.64. The van der Waals surface area contributed by atoms with Gasteiger partial charge in [-0.1, -0.05) is 5.16 Å². The molecule has 1 aromatic carbocycles. The van der Waals surface area contributed by atoms with Gasteiger partial charge in [0.1, 0.15) is 6.10 Å². The second-order valence-corrected chi connectivity index (χ2v) is 4.35. The number of rotatable bonds is 6. The van der Waals surface area contributed by atoms with Crippen LogP contribution in [0.3, 0.4) is 0 Å². The number of methoxy groups -OCH3 is 2. The van der Waals surface area contributed by atoms with Gasteiger partial charge < -0.3 is 24.5 Å². The number of nitrogen functional groups attached to an aromatic ring is 1. The van der Waals surface area contributed by atoms with E-state index in [1.807, 2.05) is 13.8 Å². The summed E-state index contributed by atoms with van der Waals surface area (Å²) >= 11 is 0. The highest BCUT2D eigenvalue weighted by Crippen LogP contribution is 2.36. The fraction of sp³-hybridized carbons (Fsp3) is 0.429. The fourth-order valence-corrected chi connectivity index (χ4v) is 1.91. The van der Waals surface area contributed by atoms with E-state index in [1.54, 1.807) is 26.4 Å². The molecule has 1 atom stereocenters. The second kappa shape index (κ2) is 6.45. The Morgan fingerprint density at radius 1 is 1.24 bits per heavy atom. The molecule has 1 aromatic heterocycles. The quantitative estimate of drug-likeness (QED) is 0.817. The zero-order valence-electron chi connectivity index (χ0n) is 12.5. The lowest BCUT2D eigenvalue weighted by atomic mass is 10.1. The molecule has 1 unspecified atom stereocenters. The van der Waals surface area contributed by atoms with Crippen molar-refractivity contribution in [3.63, 3.8) is 0 Å². The molecule has 114 valence electrons. The topological polar surface area (TPSA) is 92.6 Å². The van der Waals surface area contributed by atoms with E-state index >= 15 is 0 Å². The van der Waals surface area contributed by atoms with E-state index in [0.717, 1.165) is 0 Å². The van der Waals surface area contributed by atoms with Crippen LogP contribution >= 0.6 is 0 Å². The van der Waals surface area contributed by atoms with Crippen LogP contribution in [0.5, 0.6) is 11.5 Å². The van der Waals surface area contributed by atoms with Gasteiger partial charge in [-0.3, -0.25) is 0 Å². The van der Waals surface area contributed by atoms with Crippen LogP contribution in [-0.4, -0.2) is 31.0 Å². The van der Waals surface area contributed by atoms with Crippen LogP contribution in [0, 0.1) is 0 Å². The van der Waals surface area contributed by atoms with Gasteiger partial charge >= 0.3 is 0 Å². The molecular formula is C14H19N3O4. The summed E-state index contributed by atoms with van der Waals surface area (Å²) in [5.41, 5.74) is 7.06. The first-order chi connectivity index (χ1) is 10.1. The van der Waals surface area contributed by atoms with Crippen LogP contribution < -0.4 is 15.2 Å². The number of hydrogen-bond donors (Lipinski definition) is 1. The number of ether oxygens (including phenoxy) is 3. The monoisotopic (exact) mass is 293 g/mol. The molecule has 0 saturated heterocycles. The maximum atomic E-state index is 6.00. The third-order valence-corrected chi connectivity index (χ3v) is 3.01. The van der Waals surface area contributed by atoms with Gasteiger partial charge in [0, 0.05) is 18.4 Å². The van der Waals surface area contributed by atoms with Gasteiger partial charge in [0.15, 0.2) is 11.5 Å². The molecule has 1 heterocycles. The van der Waals surface area contributed by atoms with Crippen molar-refractivity contribution in [1.29, 1.82) is 0 Å². The molecule has 7 nitrogen and oxygen atoms in total. The second-order valence-electron chi connectivity index (χ2n) is 4.35. The fourth-order valence-electron chi connectivity index (χ4n) is 1.91. The first-order valence-electron chi connectivity index (χ1n) is 6.57. The van der Waals surface area contributed by atoms with E-state index in [0.29, 0.717) is 41.1 Å². The highest BCUT2D eigenvalue weighted by Gasteiger charge is 2.18. The minimum absolute atomic E-state index is 0.242. The number of benzene rings is 1. The molecule has 0 amide bonds. The molecule has 0 spiro atoms. The minimum atomic E-state index is -0.242. The molecule has 0 saturated carbocycles. The van der Waals surface area contributed by atoms with Crippen molar-refractivity contribution in [2.24, 2.45) is 0 Å². The summed E-state index contributed by atoms with van der Waals surface area (Å²) in [4.78, 5) is 4.31. The van der Waals surface area contributed by atoms with Gasteiger partial charge in [0.2, 0.25) is 5.82 Å². The standard InChI is InChI=1S/C14H19N3O4/c1-5-20-8(2)13-16-14(21-17-13)9-6-11(18-3)12(19-4)7-10(9)15/h6-8H,5,15H2,1-4H3. The lowest BCUT2D eigenvalue weighted by Crippen LogP contribution is -2.01. The van der Waals surface area contributed by atoms with Gasteiger partial charge in [-0.2, -0.15) is 4.98 Å². The summed E-state index contributed by atoms with van der Waals surface area (Å²) in [5, 5.41) is 3.91. The highest BCUT2D eigenvalue weighted by atomic mass is 16.5. The van der Waals surface area contributed by atoms with Gasteiger partial charge in [-0.25, -0.2) is 0 Å². The first kappa shape index (κ1) is 15.1. The summed E-state index contributed by atoms with van der Waals surface area (Å²) in [7, 11) is 3.10. The summed E-state index contributed by atoms with van der Waals surface area (Å²) in [5.74, 6) is 1.87. The van der Waals surface area contributed by atoms with E-state index in [4.69, 9.17) is 24.5 Å². The number of nitrogens with two attached hydrogens (primary N) is 1. The zero-order valence-corrected chi connectivity index (χ0v) is 12.5. The largest absolute Gasteiger partial charge is 0.493 e. The van der Waals surface area contributed by atoms with Crippen LogP contribution in [0.1, 0.15) is 25.8 Å². The molecule has 2 aromatic rings. The Morgan fingerprint density at radius 2 is 1.90 bits per heavy atom. The summed E-state index contributed by atoms with van der Waals surface area (Å²) in [6.45, 7) is 4.34. The van der Waals surface area contributed by atoms with E-state index in [-0.39, 0.29) is 6.10 Å². The van der Waals surface area contributed by atoms with Gasteiger partial charge in [-0.15, -0.1) is 0 Å². The van der Waals surface area contributed by atoms with Crippen molar-refractivity contribution < 1.29 is 18.7 Å². The number of aromatic nitrogens is 2. The molecule has 0 bridgehead atoms. The van der Waals surface area contributed by atoms with Gasteiger partial charge in [0.05, 0.1) is 19.8 Å². The van der Waals surface area contributed by atoms with Crippen molar-refractivity contribution in [1.82, 2.24) is 10.1 Å². The van der Waals surface area contributed by atoms with Crippen molar-refractivity contribution in [2.45, 2.75) is 20.0 Å². The highest BCUT2D eigenvalue weighted by molar-refractivity contribution is 5.75. The van der Waals surface area contributed by atoms with Crippen molar-refractivity contribution in [3.05, 3.63) is 18.0 Å². The average molecular weight is 293 g/mol. The Hall–Kier alpha value is -2.28. The molecule has 7 heteroatoms. The van der Waals surface area contributed by atoms with Crippen LogP contribution in [-0.2, 0) is 4.74 Å². The van der Waals surface area contributed by atoms with E-state index in [9.17, 15) is 0 Å². The smallest absolute Gasteiger partial charge is 0.260 e. The Bertz CT molecular complexity index is 612. The Labute approximate surface area is 123 Å². The molecule has 0 fully saturated rings. The lowest BCUT2D eigenvalue weighted by Gasteiger charge is -2.10. The van der Waals surface area contributed by atoms with Crippen LogP contribution in [0.4, 0.5) is 5.69 Å². The molecule has 2 rings (SSSR count). The maximum Gasteiger partial charge on any atom is 0.260 e. The summed E-state index contributed by atoms with van der Waals surface area (Å²) in [6.07, 6.45) is -0.242. The normalized spacial score (nSPS) is 12.2. The minimum Gasteiger partial charge on any atom is -0.493 e. The Morgan fingerprint density at radius 3 is 2.52 bits per heavy atom. The predicted octanol–water partition coefficient (Wildman–Crippen LogP) is 2.43. The van der Waals surface area contributed by atoms with Crippen molar-refractivity contribution in [2.75, 3.05) is 26.6 Å². The van der Waals surface area contributed by atoms with Gasteiger partial charge in [-0.05, 0) is 19.9 Å². The number of anilines is 1. The predicted molar refractivity (Wildman–Crippen MR) is 77.3 cm³/mol. The summed E-state index contributed by atoms with van der Waals surface area (Å²) < 4.78 is 21.1. The number of nitrogens with zero attached hydrogens (tertiary/aromatic N) is 2. The first-order valence-corrected chi connectivity index (χ1v) is 6.57. The van der Waals surface area contributed by atoms with E-state index < -0.39 is 0 Å². The molecule has 0 aliphatic rings. The van der Waals surface area contributed by atoms with Crippen molar-refractivity contribution >= 4 is 5.69 Å². The zero-order chi connectivity index (χ0) is 15.4. The SMILES string of the molecule is CCOC(C)c1noc(-c2cc(OC)c(OC)cc2N)n1. The molecular weight excluding hydrogens is 274 g/mol. The molecule has 0 radical (unpaired) electrons. The maximum absolute atomic E-state index is 6.00. The van der Waals surface area contributed by atoms with Crippen LogP contribution in [0.25, 0.3) is 11.5 Å². The van der Waals surface area contributed by atoms with Crippen LogP contribution in [0.2, 0.25) is 0 Å². The molecule has 0 aliphatic carbocycles. The van der Waals surface area contributed by atoms with Gasteiger partial charge in [0.25, 0.3) is 5.89 Å². The Balaban J connectivity index is 2.38.